The van der Waals surface area contributed by atoms with Gasteiger partial charge >= 0.3 is 5.97 Å². The van der Waals surface area contributed by atoms with Crippen molar-refractivity contribution in [2.24, 2.45) is 5.41 Å². The van der Waals surface area contributed by atoms with Gasteiger partial charge in [-0.05, 0) is 56.6 Å². The average Bonchev–Trinajstić information content (AvgIpc) is 3.13. The number of hydrogen-bond acceptors (Lipinski definition) is 6. The van der Waals surface area contributed by atoms with Crippen LogP contribution in [0.5, 0.6) is 0 Å². The van der Waals surface area contributed by atoms with E-state index in [0.29, 0.717) is 43.1 Å². The van der Waals surface area contributed by atoms with Crippen molar-refractivity contribution in [3.05, 3.63) is 46.5 Å². The highest BCUT2D eigenvalue weighted by Gasteiger charge is 2.43. The van der Waals surface area contributed by atoms with Crippen molar-refractivity contribution in [3.8, 4) is 0 Å². The van der Waals surface area contributed by atoms with Crippen LogP contribution >= 0.6 is 11.5 Å². The number of carbonyl (C=O) groups excluding carboxylic acids is 2. The zero-order valence-corrected chi connectivity index (χ0v) is 16.6. The standard InChI is InChI=1S/C20H25N3O3S/c1-3-26-19(25)20(10-9-16-7-5-4-6-8-16)11-13-23(14-12-20)18(24)17-15(2)21-22-27-17/h4-8H,3,9-14H2,1-2H3. The lowest BCUT2D eigenvalue weighted by molar-refractivity contribution is -0.158. The second-order valence-electron chi connectivity index (χ2n) is 6.97. The molecular formula is C20H25N3O3S. The number of likely N-dealkylation sites (tertiary alicyclic amines) is 1. The van der Waals surface area contributed by atoms with Gasteiger partial charge in [0.05, 0.1) is 17.7 Å². The van der Waals surface area contributed by atoms with Gasteiger partial charge in [0.15, 0.2) is 0 Å². The van der Waals surface area contributed by atoms with Crippen LogP contribution in [0.15, 0.2) is 30.3 Å². The molecule has 0 spiro atoms. The number of carbonyl (C=O) groups is 2. The fourth-order valence-corrected chi connectivity index (χ4v) is 4.20. The highest BCUT2D eigenvalue weighted by molar-refractivity contribution is 7.07. The maximum atomic E-state index is 12.8. The van der Waals surface area contributed by atoms with Gasteiger partial charge in [0.25, 0.3) is 5.91 Å². The molecule has 6 nitrogen and oxygen atoms in total. The number of nitrogens with zero attached hydrogens (tertiary/aromatic N) is 3. The van der Waals surface area contributed by atoms with Gasteiger partial charge in [0.1, 0.15) is 4.88 Å². The first-order chi connectivity index (χ1) is 13.1. The number of hydrogen-bond donors (Lipinski definition) is 0. The van der Waals surface area contributed by atoms with Gasteiger partial charge in [-0.15, -0.1) is 5.10 Å². The number of piperidine rings is 1. The number of ether oxygens (including phenoxy) is 1. The normalized spacial score (nSPS) is 16.1. The minimum absolute atomic E-state index is 0.0389. The smallest absolute Gasteiger partial charge is 0.312 e. The molecule has 0 N–H and O–H groups in total. The molecule has 0 bridgehead atoms. The number of esters is 1. The molecule has 144 valence electrons. The molecule has 0 unspecified atom stereocenters. The summed E-state index contributed by atoms with van der Waals surface area (Å²) in [4.78, 5) is 27.9. The molecule has 1 amide bonds. The van der Waals surface area contributed by atoms with Crippen LogP contribution in [0, 0.1) is 12.3 Å². The zero-order valence-electron chi connectivity index (χ0n) is 15.8. The van der Waals surface area contributed by atoms with E-state index in [4.69, 9.17) is 4.74 Å². The van der Waals surface area contributed by atoms with Gasteiger partial charge in [-0.1, -0.05) is 34.8 Å². The molecule has 1 aliphatic heterocycles. The molecule has 2 heterocycles. The van der Waals surface area contributed by atoms with Gasteiger partial charge in [0.2, 0.25) is 0 Å². The van der Waals surface area contributed by atoms with Crippen LogP contribution in [-0.4, -0.2) is 46.1 Å². The highest BCUT2D eigenvalue weighted by Crippen LogP contribution is 2.38. The van der Waals surface area contributed by atoms with Gasteiger partial charge in [-0.25, -0.2) is 0 Å². The lowest BCUT2D eigenvalue weighted by Crippen LogP contribution is -2.47. The lowest BCUT2D eigenvalue weighted by atomic mass is 9.74. The molecule has 1 aromatic carbocycles. The minimum Gasteiger partial charge on any atom is -0.466 e. The van der Waals surface area contributed by atoms with Crippen molar-refractivity contribution in [3.63, 3.8) is 0 Å². The first kappa shape index (κ1) is 19.5. The van der Waals surface area contributed by atoms with Crippen LogP contribution in [-0.2, 0) is 16.0 Å². The summed E-state index contributed by atoms with van der Waals surface area (Å²) in [7, 11) is 0. The fourth-order valence-electron chi connectivity index (χ4n) is 3.58. The molecule has 1 aromatic heterocycles. The third-order valence-corrected chi connectivity index (χ3v) is 6.11. The van der Waals surface area contributed by atoms with E-state index in [0.717, 1.165) is 24.4 Å². The van der Waals surface area contributed by atoms with E-state index < -0.39 is 5.41 Å². The predicted octanol–water partition coefficient (Wildman–Crippen LogP) is 3.26. The monoisotopic (exact) mass is 387 g/mol. The molecule has 1 aliphatic rings. The molecule has 0 aliphatic carbocycles. The van der Waals surface area contributed by atoms with Crippen LogP contribution < -0.4 is 0 Å². The third kappa shape index (κ3) is 4.35. The number of aromatic nitrogens is 2. The van der Waals surface area contributed by atoms with Crippen molar-refractivity contribution in [2.45, 2.75) is 39.5 Å². The second kappa shape index (κ2) is 8.61. The molecule has 27 heavy (non-hydrogen) atoms. The van der Waals surface area contributed by atoms with Crippen molar-refractivity contribution in [1.29, 1.82) is 0 Å². The lowest BCUT2D eigenvalue weighted by Gasteiger charge is -2.40. The Morgan fingerprint density at radius 3 is 2.52 bits per heavy atom. The SMILES string of the molecule is CCOC(=O)C1(CCc2ccccc2)CCN(C(=O)c2snnc2C)CC1. The predicted molar refractivity (Wildman–Crippen MR) is 104 cm³/mol. The molecule has 0 radical (unpaired) electrons. The Balaban J connectivity index is 1.69. The maximum Gasteiger partial charge on any atom is 0.312 e. The van der Waals surface area contributed by atoms with Gasteiger partial charge in [0, 0.05) is 13.1 Å². The van der Waals surface area contributed by atoms with Crippen LogP contribution in [0.4, 0.5) is 0 Å². The number of benzene rings is 1. The molecule has 0 saturated carbocycles. The number of aryl methyl sites for hydroxylation is 2. The van der Waals surface area contributed by atoms with E-state index >= 15 is 0 Å². The Hall–Kier alpha value is -2.28. The number of amides is 1. The topological polar surface area (TPSA) is 72.4 Å². The zero-order chi connectivity index (χ0) is 19.3. The van der Waals surface area contributed by atoms with Crippen molar-refractivity contribution in [1.82, 2.24) is 14.5 Å². The summed E-state index contributed by atoms with van der Waals surface area (Å²) >= 11 is 1.13. The third-order valence-electron chi connectivity index (χ3n) is 5.30. The Labute approximate surface area is 163 Å². The van der Waals surface area contributed by atoms with Crippen LogP contribution in [0.25, 0.3) is 0 Å². The Kier molecular flexibility index (Phi) is 6.21. The minimum atomic E-state index is -0.524. The summed E-state index contributed by atoms with van der Waals surface area (Å²) in [6.07, 6.45) is 2.80. The summed E-state index contributed by atoms with van der Waals surface area (Å²) in [6.45, 7) is 5.10. The molecule has 3 rings (SSSR count). The van der Waals surface area contributed by atoms with Crippen molar-refractivity contribution in [2.75, 3.05) is 19.7 Å². The molecule has 7 heteroatoms. The van der Waals surface area contributed by atoms with E-state index in [1.807, 2.05) is 30.0 Å². The summed E-state index contributed by atoms with van der Waals surface area (Å²) in [6, 6.07) is 10.2. The van der Waals surface area contributed by atoms with Crippen molar-refractivity contribution < 1.29 is 14.3 Å². The average molecular weight is 388 g/mol. The second-order valence-corrected chi connectivity index (χ2v) is 7.72. The van der Waals surface area contributed by atoms with Crippen molar-refractivity contribution >= 4 is 23.4 Å². The Morgan fingerprint density at radius 1 is 1.22 bits per heavy atom. The number of rotatable bonds is 6. The van der Waals surface area contributed by atoms with Gasteiger partial charge in [-0.3, -0.25) is 9.59 Å². The van der Waals surface area contributed by atoms with Crippen LogP contribution in [0.3, 0.4) is 0 Å². The van der Waals surface area contributed by atoms with E-state index in [9.17, 15) is 9.59 Å². The van der Waals surface area contributed by atoms with Crippen LogP contribution in [0.2, 0.25) is 0 Å². The molecule has 1 saturated heterocycles. The highest BCUT2D eigenvalue weighted by atomic mass is 32.1. The summed E-state index contributed by atoms with van der Waals surface area (Å²) in [5.74, 6) is -0.174. The van der Waals surface area contributed by atoms with Crippen LogP contribution in [0.1, 0.15) is 47.1 Å². The molecular weight excluding hydrogens is 362 g/mol. The first-order valence-electron chi connectivity index (χ1n) is 9.35. The van der Waals surface area contributed by atoms with E-state index in [1.54, 1.807) is 6.92 Å². The Morgan fingerprint density at radius 2 is 1.93 bits per heavy atom. The quantitative estimate of drug-likeness (QED) is 0.712. The van der Waals surface area contributed by atoms with E-state index in [-0.39, 0.29) is 11.9 Å². The van der Waals surface area contributed by atoms with Gasteiger partial charge in [-0.2, -0.15) is 0 Å². The molecule has 0 atom stereocenters. The molecule has 1 fully saturated rings. The van der Waals surface area contributed by atoms with Gasteiger partial charge < -0.3 is 9.64 Å². The summed E-state index contributed by atoms with van der Waals surface area (Å²) in [5, 5.41) is 3.92. The van der Waals surface area contributed by atoms with E-state index in [1.165, 1.54) is 5.56 Å². The summed E-state index contributed by atoms with van der Waals surface area (Å²) in [5.41, 5.74) is 1.35. The maximum absolute atomic E-state index is 12.8. The Bertz CT molecular complexity index is 783. The largest absolute Gasteiger partial charge is 0.466 e. The molecule has 2 aromatic rings. The summed E-state index contributed by atoms with van der Waals surface area (Å²) < 4.78 is 9.25. The fraction of sp³-hybridized carbons (Fsp3) is 0.500. The first-order valence-corrected chi connectivity index (χ1v) is 10.1. The van der Waals surface area contributed by atoms with E-state index in [2.05, 4.69) is 21.7 Å².